The molecule has 0 saturated carbocycles. The summed E-state index contributed by atoms with van der Waals surface area (Å²) in [5, 5.41) is 1.05. The molecule has 2 rings (SSSR count). The quantitative estimate of drug-likeness (QED) is 0.743. The summed E-state index contributed by atoms with van der Waals surface area (Å²) in [5.74, 6) is -0.617. The molecule has 1 atom stereocenters. The van der Waals surface area contributed by atoms with Crippen molar-refractivity contribution in [3.8, 4) is 0 Å². The third-order valence-corrected chi connectivity index (χ3v) is 4.43. The van der Waals surface area contributed by atoms with Gasteiger partial charge in [-0.2, -0.15) is 0 Å². The van der Waals surface area contributed by atoms with E-state index in [0.717, 1.165) is 5.56 Å². The molecule has 1 amide bonds. The van der Waals surface area contributed by atoms with Gasteiger partial charge in [0, 0.05) is 22.7 Å². The van der Waals surface area contributed by atoms with Crippen LogP contribution in [0.3, 0.4) is 0 Å². The van der Waals surface area contributed by atoms with E-state index in [4.69, 9.17) is 23.2 Å². The second kappa shape index (κ2) is 7.69. The summed E-state index contributed by atoms with van der Waals surface area (Å²) in [6.07, 6.45) is 0. The topological polar surface area (TPSA) is 46.6 Å². The molecule has 0 aliphatic heterocycles. The predicted molar refractivity (Wildman–Crippen MR) is 94.8 cm³/mol. The molecular formula is C18H17Cl2NO3. The van der Waals surface area contributed by atoms with E-state index >= 15 is 0 Å². The number of carbonyl (C=O) groups is 2. The van der Waals surface area contributed by atoms with Gasteiger partial charge in [0.2, 0.25) is 0 Å². The molecule has 0 bridgehead atoms. The van der Waals surface area contributed by atoms with Crippen LogP contribution in [0.1, 0.15) is 39.2 Å². The third kappa shape index (κ3) is 3.89. The molecule has 6 heteroatoms. The molecule has 4 nitrogen and oxygen atoms in total. The fourth-order valence-corrected chi connectivity index (χ4v) is 2.86. The highest BCUT2D eigenvalue weighted by Crippen LogP contribution is 2.29. The summed E-state index contributed by atoms with van der Waals surface area (Å²) in [5.41, 5.74) is 1.68. The van der Waals surface area contributed by atoms with Crippen LogP contribution in [0.4, 0.5) is 0 Å². The van der Waals surface area contributed by atoms with E-state index in [-0.39, 0.29) is 11.9 Å². The van der Waals surface area contributed by atoms with Crippen molar-refractivity contribution >= 4 is 35.1 Å². The van der Waals surface area contributed by atoms with Crippen LogP contribution in [0.25, 0.3) is 0 Å². The number of ether oxygens (including phenoxy) is 1. The molecule has 1 unspecified atom stereocenters. The maximum Gasteiger partial charge on any atom is 0.337 e. The number of benzene rings is 2. The number of hydrogen-bond acceptors (Lipinski definition) is 3. The molecule has 0 heterocycles. The first-order valence-corrected chi connectivity index (χ1v) is 8.01. The molecule has 0 aliphatic rings. The van der Waals surface area contributed by atoms with Gasteiger partial charge in [-0.15, -0.1) is 0 Å². The largest absolute Gasteiger partial charge is 0.465 e. The van der Waals surface area contributed by atoms with E-state index < -0.39 is 5.97 Å². The van der Waals surface area contributed by atoms with Crippen LogP contribution < -0.4 is 0 Å². The van der Waals surface area contributed by atoms with Gasteiger partial charge in [0.05, 0.1) is 18.7 Å². The van der Waals surface area contributed by atoms with Crippen molar-refractivity contribution in [1.82, 2.24) is 4.90 Å². The van der Waals surface area contributed by atoms with Crippen molar-refractivity contribution in [2.75, 3.05) is 14.2 Å². The summed E-state index contributed by atoms with van der Waals surface area (Å²) in [6, 6.07) is 11.3. The molecule has 0 N–H and O–H groups in total. The average molecular weight is 366 g/mol. The average Bonchev–Trinajstić information content (AvgIpc) is 2.59. The fraction of sp³-hybridized carbons (Fsp3) is 0.222. The van der Waals surface area contributed by atoms with Crippen molar-refractivity contribution < 1.29 is 14.3 Å². The van der Waals surface area contributed by atoms with Crippen LogP contribution in [0.2, 0.25) is 10.0 Å². The monoisotopic (exact) mass is 365 g/mol. The molecule has 0 spiro atoms. The third-order valence-electron chi connectivity index (χ3n) is 3.87. The zero-order chi connectivity index (χ0) is 17.9. The molecule has 0 aromatic heterocycles. The Morgan fingerprint density at radius 2 is 1.62 bits per heavy atom. The lowest BCUT2D eigenvalue weighted by atomic mass is 10.1. The Bertz CT molecular complexity index is 759. The minimum absolute atomic E-state index is 0.176. The first-order valence-electron chi connectivity index (χ1n) is 7.25. The number of halogens is 2. The SMILES string of the molecule is COC(=O)c1ccc(C(=O)N(C)C(C)c2ccc(Cl)cc2Cl)cc1. The van der Waals surface area contributed by atoms with E-state index in [9.17, 15) is 9.59 Å². The molecule has 2 aromatic carbocycles. The van der Waals surface area contributed by atoms with E-state index in [1.807, 2.05) is 6.92 Å². The lowest BCUT2D eigenvalue weighted by Gasteiger charge is -2.26. The zero-order valence-corrected chi connectivity index (χ0v) is 15.1. The van der Waals surface area contributed by atoms with Gasteiger partial charge in [0.25, 0.3) is 5.91 Å². The number of methoxy groups -OCH3 is 1. The highest BCUT2D eigenvalue weighted by atomic mass is 35.5. The van der Waals surface area contributed by atoms with E-state index in [0.29, 0.717) is 21.2 Å². The Balaban J connectivity index is 2.20. The van der Waals surface area contributed by atoms with Crippen molar-refractivity contribution in [3.05, 3.63) is 69.2 Å². The van der Waals surface area contributed by atoms with Gasteiger partial charge in [-0.1, -0.05) is 29.3 Å². The molecule has 2 aromatic rings. The van der Waals surface area contributed by atoms with Gasteiger partial charge >= 0.3 is 5.97 Å². The Hall–Kier alpha value is -2.04. The van der Waals surface area contributed by atoms with E-state index in [2.05, 4.69) is 4.74 Å². The fourth-order valence-electron chi connectivity index (χ4n) is 2.30. The second-order valence-electron chi connectivity index (χ2n) is 5.33. The summed E-state index contributed by atoms with van der Waals surface area (Å²) in [4.78, 5) is 25.7. The first-order chi connectivity index (χ1) is 11.3. The Labute approximate surface area is 150 Å². The summed E-state index contributed by atoms with van der Waals surface area (Å²) < 4.78 is 4.64. The molecule has 0 saturated heterocycles. The standard InChI is InChI=1S/C18H17Cl2NO3/c1-11(15-9-8-14(19)10-16(15)20)21(2)17(22)12-4-6-13(7-5-12)18(23)24-3/h4-11H,1-3H3. The van der Waals surface area contributed by atoms with Crippen LogP contribution in [0.15, 0.2) is 42.5 Å². The molecule has 126 valence electrons. The van der Waals surface area contributed by atoms with E-state index in [1.165, 1.54) is 7.11 Å². The van der Waals surface area contributed by atoms with Crippen LogP contribution in [0, 0.1) is 0 Å². The Morgan fingerprint density at radius 1 is 1.04 bits per heavy atom. The predicted octanol–water partition coefficient (Wildman–Crippen LogP) is 4.61. The van der Waals surface area contributed by atoms with Gasteiger partial charge in [0.1, 0.15) is 0 Å². The smallest absolute Gasteiger partial charge is 0.337 e. The molecule has 24 heavy (non-hydrogen) atoms. The Morgan fingerprint density at radius 3 is 2.17 bits per heavy atom. The van der Waals surface area contributed by atoms with Crippen LogP contribution in [-0.4, -0.2) is 30.9 Å². The molecule has 0 fully saturated rings. The molecular weight excluding hydrogens is 349 g/mol. The minimum atomic E-state index is -0.441. The van der Waals surface area contributed by atoms with Gasteiger partial charge in [0.15, 0.2) is 0 Å². The lowest BCUT2D eigenvalue weighted by Crippen LogP contribution is -2.29. The van der Waals surface area contributed by atoms with Crippen LogP contribution in [0.5, 0.6) is 0 Å². The van der Waals surface area contributed by atoms with Gasteiger partial charge in [-0.3, -0.25) is 4.79 Å². The van der Waals surface area contributed by atoms with Gasteiger partial charge in [-0.05, 0) is 48.9 Å². The van der Waals surface area contributed by atoms with Crippen LogP contribution >= 0.6 is 23.2 Å². The summed E-state index contributed by atoms with van der Waals surface area (Å²) in [6.45, 7) is 1.88. The minimum Gasteiger partial charge on any atom is -0.465 e. The lowest BCUT2D eigenvalue weighted by molar-refractivity contribution is 0.0599. The highest BCUT2D eigenvalue weighted by molar-refractivity contribution is 6.35. The normalized spacial score (nSPS) is 11.7. The molecule has 0 aliphatic carbocycles. The second-order valence-corrected chi connectivity index (χ2v) is 6.17. The molecule has 0 radical (unpaired) electrons. The highest BCUT2D eigenvalue weighted by Gasteiger charge is 2.21. The number of amides is 1. The van der Waals surface area contributed by atoms with Crippen molar-refractivity contribution in [3.63, 3.8) is 0 Å². The maximum absolute atomic E-state index is 12.6. The first kappa shape index (κ1) is 18.3. The Kier molecular flexibility index (Phi) is 5.86. The zero-order valence-electron chi connectivity index (χ0n) is 13.5. The van der Waals surface area contributed by atoms with Crippen LogP contribution in [-0.2, 0) is 4.74 Å². The number of hydrogen-bond donors (Lipinski definition) is 0. The summed E-state index contributed by atoms with van der Waals surface area (Å²) >= 11 is 12.1. The van der Waals surface area contributed by atoms with Crippen molar-refractivity contribution in [2.24, 2.45) is 0 Å². The van der Waals surface area contributed by atoms with Crippen molar-refractivity contribution in [2.45, 2.75) is 13.0 Å². The number of carbonyl (C=O) groups excluding carboxylic acids is 2. The van der Waals surface area contributed by atoms with Gasteiger partial charge in [-0.25, -0.2) is 4.79 Å². The number of nitrogens with zero attached hydrogens (tertiary/aromatic N) is 1. The van der Waals surface area contributed by atoms with Gasteiger partial charge < -0.3 is 9.64 Å². The maximum atomic E-state index is 12.6. The number of esters is 1. The number of rotatable bonds is 4. The van der Waals surface area contributed by atoms with E-state index in [1.54, 1.807) is 54.4 Å². The van der Waals surface area contributed by atoms with Crippen molar-refractivity contribution in [1.29, 1.82) is 0 Å². The summed E-state index contributed by atoms with van der Waals surface area (Å²) in [7, 11) is 3.01.